The zero-order valence-electron chi connectivity index (χ0n) is 13.7. The first kappa shape index (κ1) is 18.2. The van der Waals surface area contributed by atoms with Crippen LogP contribution >= 0.6 is 0 Å². The van der Waals surface area contributed by atoms with E-state index in [4.69, 9.17) is 0 Å². The summed E-state index contributed by atoms with van der Waals surface area (Å²) in [6, 6.07) is 0. The first-order valence-corrected chi connectivity index (χ1v) is 8.43. The topological polar surface area (TPSA) is 68.1 Å². The van der Waals surface area contributed by atoms with E-state index in [-0.39, 0.29) is 16.4 Å². The molecule has 2 aliphatic carbocycles. The van der Waals surface area contributed by atoms with Gasteiger partial charge in [-0.1, -0.05) is 0 Å². The average molecular weight is 396 g/mol. The number of hydrogen-bond acceptors (Lipinski definition) is 4. The Labute approximate surface area is 148 Å². The van der Waals surface area contributed by atoms with Crippen molar-refractivity contribution in [3.05, 3.63) is 11.6 Å². The standard InChI is InChI=1S/C15H14F6N4O2/c16-14(17,18)12-22-23-13(15(19,20)21)25(12)4-3-24-10(26)8-6-1-2-7(5-6)9(8)11(24)27/h6-9H,1-5H2/t6-,7-,8-,9?/m1/s1. The van der Waals surface area contributed by atoms with Crippen LogP contribution in [0.5, 0.6) is 0 Å². The van der Waals surface area contributed by atoms with Crippen LogP contribution < -0.4 is 0 Å². The maximum Gasteiger partial charge on any atom is 0.451 e. The van der Waals surface area contributed by atoms with Crippen LogP contribution in [0, 0.1) is 23.7 Å². The average Bonchev–Trinajstić information content (AvgIpc) is 3.28. The highest BCUT2D eigenvalue weighted by Crippen LogP contribution is 2.56. The molecule has 3 fully saturated rings. The van der Waals surface area contributed by atoms with E-state index in [1.54, 1.807) is 0 Å². The highest BCUT2D eigenvalue weighted by Gasteiger charge is 2.60. The summed E-state index contributed by atoms with van der Waals surface area (Å²) >= 11 is 0. The molecule has 4 atom stereocenters. The van der Waals surface area contributed by atoms with Gasteiger partial charge in [0, 0.05) is 13.1 Å². The number of fused-ring (bicyclic) bond motifs is 5. The van der Waals surface area contributed by atoms with E-state index in [1.807, 2.05) is 0 Å². The van der Waals surface area contributed by atoms with Crippen molar-refractivity contribution >= 4 is 11.8 Å². The van der Waals surface area contributed by atoms with Crippen LogP contribution in [0.1, 0.15) is 30.9 Å². The van der Waals surface area contributed by atoms with E-state index >= 15 is 0 Å². The lowest BCUT2D eigenvalue weighted by atomic mass is 9.81. The van der Waals surface area contributed by atoms with Crippen molar-refractivity contribution in [1.82, 2.24) is 19.7 Å². The number of aromatic nitrogens is 3. The molecule has 1 saturated heterocycles. The van der Waals surface area contributed by atoms with Crippen LogP contribution in [0.15, 0.2) is 0 Å². The Kier molecular flexibility index (Phi) is 3.83. The van der Waals surface area contributed by atoms with Crippen LogP contribution in [0.2, 0.25) is 0 Å². The molecule has 27 heavy (non-hydrogen) atoms. The van der Waals surface area contributed by atoms with Crippen LogP contribution in [0.3, 0.4) is 0 Å². The highest BCUT2D eigenvalue weighted by molar-refractivity contribution is 6.06. The number of likely N-dealkylation sites (tertiary alicyclic amines) is 1. The molecule has 0 aromatic carbocycles. The molecular formula is C15H14F6N4O2. The summed E-state index contributed by atoms with van der Waals surface area (Å²) in [5, 5.41) is 5.22. The molecule has 6 nitrogen and oxygen atoms in total. The Morgan fingerprint density at radius 1 is 0.815 bits per heavy atom. The number of amides is 2. The fourth-order valence-electron chi connectivity index (χ4n) is 4.83. The van der Waals surface area contributed by atoms with E-state index in [9.17, 15) is 35.9 Å². The van der Waals surface area contributed by atoms with Crippen molar-refractivity contribution < 1.29 is 35.9 Å². The highest BCUT2D eigenvalue weighted by atomic mass is 19.4. The molecule has 1 aromatic heterocycles. The van der Waals surface area contributed by atoms with Gasteiger partial charge in [-0.15, -0.1) is 10.2 Å². The number of alkyl halides is 6. The molecule has 2 saturated carbocycles. The third-order valence-electron chi connectivity index (χ3n) is 5.82. The van der Waals surface area contributed by atoms with Crippen molar-refractivity contribution in [3.8, 4) is 0 Å². The quantitative estimate of drug-likeness (QED) is 0.581. The molecule has 0 spiro atoms. The second kappa shape index (κ2) is 5.68. The Bertz CT molecular complexity index is 742. The fourth-order valence-corrected chi connectivity index (χ4v) is 4.83. The molecule has 1 unspecified atom stereocenters. The summed E-state index contributed by atoms with van der Waals surface area (Å²) < 4.78 is 77.7. The number of rotatable bonds is 3. The number of carbonyl (C=O) groups excluding carboxylic acids is 2. The molecule has 2 bridgehead atoms. The van der Waals surface area contributed by atoms with E-state index in [0.29, 0.717) is 0 Å². The molecular weight excluding hydrogens is 382 g/mol. The van der Waals surface area contributed by atoms with E-state index < -0.39 is 60.7 Å². The second-order valence-electron chi connectivity index (χ2n) is 7.21. The Morgan fingerprint density at radius 3 is 1.67 bits per heavy atom. The SMILES string of the molecule is O=C1C2[C@@H]3CC[C@H](C3)[C@H]2C(=O)N1CCn1c(C(F)(F)F)nnc1C(F)(F)F. The second-order valence-corrected chi connectivity index (χ2v) is 7.21. The number of carbonyl (C=O) groups is 2. The summed E-state index contributed by atoms with van der Waals surface area (Å²) in [4.78, 5) is 25.9. The van der Waals surface area contributed by atoms with Crippen LogP contribution in [0.25, 0.3) is 0 Å². The van der Waals surface area contributed by atoms with Gasteiger partial charge in [-0.25, -0.2) is 0 Å². The van der Waals surface area contributed by atoms with E-state index in [1.165, 1.54) is 0 Å². The van der Waals surface area contributed by atoms with Crippen molar-refractivity contribution in [2.24, 2.45) is 23.7 Å². The molecule has 3 aliphatic rings. The minimum atomic E-state index is -5.15. The first-order chi connectivity index (χ1) is 12.5. The molecule has 2 amide bonds. The zero-order chi connectivity index (χ0) is 19.7. The normalized spacial score (nSPS) is 30.5. The van der Waals surface area contributed by atoms with Crippen LogP contribution in [-0.4, -0.2) is 38.0 Å². The number of imide groups is 1. The molecule has 1 aromatic rings. The van der Waals surface area contributed by atoms with Crippen LogP contribution in [-0.2, 0) is 28.5 Å². The lowest BCUT2D eigenvalue weighted by Crippen LogP contribution is -2.36. The van der Waals surface area contributed by atoms with Gasteiger partial charge in [0.1, 0.15) is 0 Å². The van der Waals surface area contributed by atoms with Gasteiger partial charge in [0.25, 0.3) is 0 Å². The lowest BCUT2D eigenvalue weighted by Gasteiger charge is -2.19. The Hall–Kier alpha value is -2.14. The summed E-state index contributed by atoms with van der Waals surface area (Å²) in [7, 11) is 0. The van der Waals surface area contributed by atoms with Crippen molar-refractivity contribution in [2.75, 3.05) is 6.54 Å². The fraction of sp³-hybridized carbons (Fsp3) is 0.733. The molecule has 148 valence electrons. The van der Waals surface area contributed by atoms with Gasteiger partial charge in [-0.3, -0.25) is 19.1 Å². The summed E-state index contributed by atoms with van der Waals surface area (Å²) in [6.07, 6.45) is -7.88. The Balaban J connectivity index is 1.58. The Morgan fingerprint density at radius 2 is 1.26 bits per heavy atom. The van der Waals surface area contributed by atoms with Gasteiger partial charge in [-0.2, -0.15) is 26.3 Å². The zero-order valence-corrected chi connectivity index (χ0v) is 13.7. The third-order valence-corrected chi connectivity index (χ3v) is 5.82. The van der Waals surface area contributed by atoms with Crippen LogP contribution in [0.4, 0.5) is 26.3 Å². The monoisotopic (exact) mass is 396 g/mol. The van der Waals surface area contributed by atoms with E-state index in [0.717, 1.165) is 24.2 Å². The summed E-state index contributed by atoms with van der Waals surface area (Å²) in [6.45, 7) is -1.45. The minimum absolute atomic E-state index is 0.0767. The van der Waals surface area contributed by atoms with Gasteiger partial charge in [-0.05, 0) is 31.1 Å². The molecule has 2 heterocycles. The minimum Gasteiger partial charge on any atom is -0.298 e. The van der Waals surface area contributed by atoms with Gasteiger partial charge in [0.2, 0.25) is 23.5 Å². The molecule has 0 radical (unpaired) electrons. The van der Waals surface area contributed by atoms with Gasteiger partial charge in [0.15, 0.2) is 0 Å². The lowest BCUT2D eigenvalue weighted by molar-refractivity contribution is -0.155. The van der Waals surface area contributed by atoms with E-state index in [2.05, 4.69) is 10.2 Å². The van der Waals surface area contributed by atoms with Gasteiger partial charge < -0.3 is 0 Å². The van der Waals surface area contributed by atoms with Crippen molar-refractivity contribution in [1.29, 1.82) is 0 Å². The van der Waals surface area contributed by atoms with Gasteiger partial charge in [0.05, 0.1) is 11.8 Å². The summed E-state index contributed by atoms with van der Waals surface area (Å²) in [5.41, 5.74) is 0. The third kappa shape index (κ3) is 2.71. The van der Waals surface area contributed by atoms with Crippen molar-refractivity contribution in [2.45, 2.75) is 38.2 Å². The molecule has 1 aliphatic heterocycles. The number of halogens is 6. The first-order valence-electron chi connectivity index (χ1n) is 8.43. The maximum absolute atomic E-state index is 13.0. The molecule has 0 N–H and O–H groups in total. The maximum atomic E-state index is 13.0. The van der Waals surface area contributed by atoms with Gasteiger partial charge >= 0.3 is 12.4 Å². The molecule has 4 rings (SSSR count). The largest absolute Gasteiger partial charge is 0.451 e. The number of hydrogen-bond donors (Lipinski definition) is 0. The number of nitrogens with zero attached hydrogens (tertiary/aromatic N) is 4. The predicted molar refractivity (Wildman–Crippen MR) is 74.6 cm³/mol. The molecule has 12 heteroatoms. The predicted octanol–water partition coefficient (Wildman–Crippen LogP) is 2.35. The smallest absolute Gasteiger partial charge is 0.298 e. The van der Waals surface area contributed by atoms with Crippen molar-refractivity contribution in [3.63, 3.8) is 0 Å². The summed E-state index contributed by atoms with van der Waals surface area (Å²) in [5.74, 6) is -5.42.